The molecule has 8 heteroatoms. The second-order valence-corrected chi connectivity index (χ2v) is 11.4. The Balaban J connectivity index is 1.40. The SMILES string of the molecule is O=C(O)C1CC=C(c2nn(C(=O)c3c(Cl)cccc3C3CC3)c3c2CCC(C(=O)N2CCCC2)C3)CC1. The molecule has 1 saturated heterocycles. The van der Waals surface area contributed by atoms with Crippen LogP contribution in [0.15, 0.2) is 24.3 Å². The fourth-order valence-electron chi connectivity index (χ4n) is 6.32. The maximum absolute atomic E-state index is 14.1. The Kier molecular flexibility index (Phi) is 6.43. The number of aromatic nitrogens is 2. The van der Waals surface area contributed by atoms with Gasteiger partial charge in [-0.2, -0.15) is 9.78 Å². The molecule has 1 amide bonds. The van der Waals surface area contributed by atoms with Gasteiger partial charge in [-0.25, -0.2) is 0 Å². The third kappa shape index (κ3) is 4.52. The first kappa shape index (κ1) is 24.4. The van der Waals surface area contributed by atoms with Crippen LogP contribution in [0.3, 0.4) is 0 Å². The number of allylic oxidation sites excluding steroid dienone is 2. The van der Waals surface area contributed by atoms with Crippen molar-refractivity contribution in [3.8, 4) is 0 Å². The molecule has 1 N–H and O–H groups in total. The molecule has 6 rings (SSSR count). The van der Waals surface area contributed by atoms with Gasteiger partial charge in [0.1, 0.15) is 0 Å². The first-order valence-electron chi connectivity index (χ1n) is 13.6. The number of hydrogen-bond donors (Lipinski definition) is 1. The van der Waals surface area contributed by atoms with Crippen molar-refractivity contribution in [2.45, 2.75) is 70.1 Å². The summed E-state index contributed by atoms with van der Waals surface area (Å²) < 4.78 is 1.52. The smallest absolute Gasteiger partial charge is 0.306 e. The molecule has 4 aliphatic rings. The van der Waals surface area contributed by atoms with Crippen molar-refractivity contribution < 1.29 is 19.5 Å². The van der Waals surface area contributed by atoms with Gasteiger partial charge in [-0.3, -0.25) is 14.4 Å². The van der Waals surface area contributed by atoms with Gasteiger partial charge in [-0.05, 0) is 80.9 Å². The number of carboxylic acid groups (broad SMARTS) is 1. The molecule has 3 aliphatic carbocycles. The third-order valence-electron chi connectivity index (χ3n) is 8.57. The maximum atomic E-state index is 14.1. The Morgan fingerprint density at radius 2 is 1.76 bits per heavy atom. The molecule has 2 fully saturated rings. The van der Waals surface area contributed by atoms with E-state index in [-0.39, 0.29) is 23.7 Å². The van der Waals surface area contributed by atoms with E-state index >= 15 is 0 Å². The van der Waals surface area contributed by atoms with Crippen molar-refractivity contribution >= 4 is 35.0 Å². The summed E-state index contributed by atoms with van der Waals surface area (Å²) in [6, 6.07) is 5.64. The Morgan fingerprint density at radius 3 is 2.43 bits per heavy atom. The van der Waals surface area contributed by atoms with E-state index in [1.807, 2.05) is 23.1 Å². The monoisotopic (exact) mass is 521 g/mol. The van der Waals surface area contributed by atoms with Crippen molar-refractivity contribution in [1.29, 1.82) is 0 Å². The van der Waals surface area contributed by atoms with E-state index in [4.69, 9.17) is 16.7 Å². The normalized spacial score (nSPS) is 23.5. The summed E-state index contributed by atoms with van der Waals surface area (Å²) in [6.07, 6.45) is 9.71. The molecule has 2 atom stereocenters. The van der Waals surface area contributed by atoms with Crippen LogP contribution in [0, 0.1) is 11.8 Å². The first-order valence-corrected chi connectivity index (χ1v) is 13.9. The number of hydrogen-bond acceptors (Lipinski definition) is 4. The second kappa shape index (κ2) is 9.75. The Morgan fingerprint density at radius 1 is 1.00 bits per heavy atom. The van der Waals surface area contributed by atoms with Gasteiger partial charge >= 0.3 is 5.97 Å². The molecule has 0 spiro atoms. The fourth-order valence-corrected chi connectivity index (χ4v) is 6.59. The average molecular weight is 522 g/mol. The molecule has 2 heterocycles. The number of rotatable bonds is 5. The topological polar surface area (TPSA) is 92.5 Å². The van der Waals surface area contributed by atoms with Crippen molar-refractivity contribution in [1.82, 2.24) is 14.7 Å². The van der Waals surface area contributed by atoms with Gasteiger partial charge in [0.25, 0.3) is 5.91 Å². The van der Waals surface area contributed by atoms with E-state index in [1.165, 1.54) is 4.68 Å². The summed E-state index contributed by atoms with van der Waals surface area (Å²) in [5, 5.41) is 14.7. The van der Waals surface area contributed by atoms with E-state index in [1.54, 1.807) is 6.07 Å². The number of benzene rings is 1. The van der Waals surface area contributed by atoms with Crippen molar-refractivity contribution in [2.75, 3.05) is 13.1 Å². The van der Waals surface area contributed by atoms with E-state index in [0.29, 0.717) is 48.6 Å². The number of carbonyl (C=O) groups excluding carboxylic acids is 2. The molecule has 2 unspecified atom stereocenters. The fraction of sp³-hybridized carbons (Fsp3) is 0.517. The molecule has 1 aromatic carbocycles. The molecule has 7 nitrogen and oxygen atoms in total. The van der Waals surface area contributed by atoms with Gasteiger partial charge in [0.2, 0.25) is 5.91 Å². The average Bonchev–Trinajstić information content (AvgIpc) is 3.47. The second-order valence-electron chi connectivity index (χ2n) is 11.0. The van der Waals surface area contributed by atoms with Crippen LogP contribution in [0.2, 0.25) is 5.02 Å². The molecule has 37 heavy (non-hydrogen) atoms. The lowest BCUT2D eigenvalue weighted by Crippen LogP contribution is -2.37. The largest absolute Gasteiger partial charge is 0.481 e. The number of likely N-dealkylation sites (tertiary alicyclic amines) is 1. The molecule has 0 bridgehead atoms. The number of amides is 1. The van der Waals surface area contributed by atoms with Gasteiger partial charge in [-0.1, -0.05) is 29.8 Å². The van der Waals surface area contributed by atoms with Crippen molar-refractivity contribution in [2.24, 2.45) is 11.8 Å². The molecule has 2 aromatic rings. The van der Waals surface area contributed by atoms with Crippen molar-refractivity contribution in [3.63, 3.8) is 0 Å². The number of carboxylic acids is 1. The molecule has 0 radical (unpaired) electrons. The summed E-state index contributed by atoms with van der Waals surface area (Å²) in [6.45, 7) is 1.63. The Hall–Kier alpha value is -2.93. The lowest BCUT2D eigenvalue weighted by Gasteiger charge is -2.27. The minimum Gasteiger partial charge on any atom is -0.481 e. The van der Waals surface area contributed by atoms with Gasteiger partial charge < -0.3 is 10.0 Å². The summed E-state index contributed by atoms with van der Waals surface area (Å²) in [4.78, 5) is 40.8. The lowest BCUT2D eigenvalue weighted by molar-refractivity contribution is -0.142. The summed E-state index contributed by atoms with van der Waals surface area (Å²) in [5.41, 5.74) is 5.13. The van der Waals surface area contributed by atoms with Crippen LogP contribution < -0.4 is 0 Å². The van der Waals surface area contributed by atoms with Crippen LogP contribution in [0.4, 0.5) is 0 Å². The summed E-state index contributed by atoms with van der Waals surface area (Å²) >= 11 is 6.61. The predicted octanol–water partition coefficient (Wildman–Crippen LogP) is 5.10. The summed E-state index contributed by atoms with van der Waals surface area (Å²) in [5.74, 6) is -1.01. The number of nitrogens with zero attached hydrogens (tertiary/aromatic N) is 3. The molecule has 1 saturated carbocycles. The molecular weight excluding hydrogens is 490 g/mol. The number of halogens is 1. The Bertz CT molecular complexity index is 1300. The van der Waals surface area contributed by atoms with Crippen LogP contribution in [-0.4, -0.2) is 50.7 Å². The van der Waals surface area contributed by atoms with Gasteiger partial charge in [-0.15, -0.1) is 0 Å². The number of carbonyl (C=O) groups is 3. The molecule has 194 valence electrons. The minimum atomic E-state index is -0.771. The van der Waals surface area contributed by atoms with Crippen molar-refractivity contribution in [3.05, 3.63) is 57.4 Å². The number of aliphatic carboxylic acids is 1. The maximum Gasteiger partial charge on any atom is 0.306 e. The lowest BCUT2D eigenvalue weighted by atomic mass is 9.82. The third-order valence-corrected chi connectivity index (χ3v) is 8.89. The molecule has 1 aromatic heterocycles. The van der Waals surface area contributed by atoms with Crippen LogP contribution in [0.1, 0.15) is 90.2 Å². The zero-order valence-corrected chi connectivity index (χ0v) is 21.7. The highest BCUT2D eigenvalue weighted by Gasteiger charge is 2.37. The summed E-state index contributed by atoms with van der Waals surface area (Å²) in [7, 11) is 0. The van der Waals surface area contributed by atoms with Crippen LogP contribution >= 0.6 is 11.6 Å². The van der Waals surface area contributed by atoms with Gasteiger partial charge in [0, 0.05) is 31.0 Å². The van der Waals surface area contributed by atoms with Crippen LogP contribution in [-0.2, 0) is 22.4 Å². The quantitative estimate of drug-likeness (QED) is 0.591. The standard InChI is InChI=1S/C29H32ClN3O4/c30-23-5-3-4-21(17-6-7-17)25(23)28(35)33-24-16-20(27(34)32-14-1-2-15-32)12-13-22(24)26(31-33)18-8-10-19(11-9-18)29(36)37/h3-5,8,17,19-20H,1-2,6-7,9-16H2,(H,36,37). The van der Waals surface area contributed by atoms with Crippen LogP contribution in [0.25, 0.3) is 5.57 Å². The predicted molar refractivity (Wildman–Crippen MR) is 140 cm³/mol. The molecular formula is C29H32ClN3O4. The van der Waals surface area contributed by atoms with E-state index in [0.717, 1.165) is 73.3 Å². The number of fused-ring (bicyclic) bond motifs is 1. The first-order chi connectivity index (χ1) is 17.9. The van der Waals surface area contributed by atoms with Gasteiger partial charge in [0.05, 0.1) is 27.9 Å². The van der Waals surface area contributed by atoms with Crippen LogP contribution in [0.5, 0.6) is 0 Å². The van der Waals surface area contributed by atoms with E-state index < -0.39 is 5.97 Å². The minimum absolute atomic E-state index is 0.160. The highest BCUT2D eigenvalue weighted by atomic mass is 35.5. The van der Waals surface area contributed by atoms with E-state index in [2.05, 4.69) is 0 Å². The highest BCUT2D eigenvalue weighted by Crippen LogP contribution is 2.44. The molecule has 1 aliphatic heterocycles. The zero-order valence-electron chi connectivity index (χ0n) is 20.9. The zero-order chi connectivity index (χ0) is 25.7. The highest BCUT2D eigenvalue weighted by molar-refractivity contribution is 6.34. The van der Waals surface area contributed by atoms with Gasteiger partial charge in [0.15, 0.2) is 0 Å². The Labute approximate surface area is 221 Å². The van der Waals surface area contributed by atoms with E-state index in [9.17, 15) is 19.5 Å².